The lowest BCUT2D eigenvalue weighted by Crippen LogP contribution is -2.40. The lowest BCUT2D eigenvalue weighted by Gasteiger charge is -2.13. The molecule has 2 N–H and O–H groups in total. The van der Waals surface area contributed by atoms with E-state index in [1.165, 1.54) is 0 Å². The lowest BCUT2D eigenvalue weighted by molar-refractivity contribution is -0.142. The van der Waals surface area contributed by atoms with Crippen molar-refractivity contribution in [1.82, 2.24) is 10.3 Å². The number of oxazole rings is 1. The van der Waals surface area contributed by atoms with Crippen molar-refractivity contribution in [2.75, 3.05) is 0 Å². The van der Waals surface area contributed by atoms with Crippen molar-refractivity contribution >= 4 is 23.5 Å². The summed E-state index contributed by atoms with van der Waals surface area (Å²) in [5, 5.41) is 12.2. The third kappa shape index (κ3) is 5.60. The largest absolute Gasteiger partial charge is 0.480 e. The molecule has 0 fully saturated rings. The predicted molar refractivity (Wildman–Crippen MR) is 94.4 cm³/mol. The van der Waals surface area contributed by atoms with Gasteiger partial charge in [-0.25, -0.2) is 9.78 Å². The number of amides is 1. The van der Waals surface area contributed by atoms with Crippen LogP contribution in [0.25, 0.3) is 11.3 Å². The van der Waals surface area contributed by atoms with Gasteiger partial charge in [-0.2, -0.15) is 0 Å². The molecule has 0 spiro atoms. The molecule has 0 saturated heterocycles. The second-order valence-electron chi connectivity index (χ2n) is 5.70. The highest BCUT2D eigenvalue weighted by Crippen LogP contribution is 2.28. The Balaban J connectivity index is 1.90. The summed E-state index contributed by atoms with van der Waals surface area (Å²) in [4.78, 5) is 27.3. The average Bonchev–Trinajstić information content (AvgIpc) is 3.05. The normalized spacial score (nSPS) is 11.9. The molecule has 0 radical (unpaired) electrons. The second kappa shape index (κ2) is 9.22. The first-order valence-corrected chi connectivity index (χ1v) is 8.60. The zero-order valence-electron chi connectivity index (χ0n) is 14.0. The van der Waals surface area contributed by atoms with Crippen LogP contribution >= 0.6 is 11.6 Å². The Kier molecular flexibility index (Phi) is 7.01. The molecule has 0 aliphatic heterocycles. The van der Waals surface area contributed by atoms with E-state index in [-0.39, 0.29) is 18.7 Å². The van der Waals surface area contributed by atoms with Crippen molar-refractivity contribution in [2.24, 2.45) is 0 Å². The topological polar surface area (TPSA) is 92.4 Å². The number of hydrogen-bond donors (Lipinski definition) is 2. The van der Waals surface area contributed by atoms with Crippen LogP contribution in [0.5, 0.6) is 0 Å². The van der Waals surface area contributed by atoms with Crippen molar-refractivity contribution in [3.05, 3.63) is 41.4 Å². The fraction of sp³-hybridized carbons (Fsp3) is 0.389. The molecule has 7 heteroatoms. The van der Waals surface area contributed by atoms with Gasteiger partial charge in [-0.1, -0.05) is 43.5 Å². The summed E-state index contributed by atoms with van der Waals surface area (Å²) in [6.45, 7) is 1.97. The summed E-state index contributed by atoms with van der Waals surface area (Å²) >= 11 is 6.12. The molecule has 1 aromatic carbocycles. The van der Waals surface area contributed by atoms with E-state index in [4.69, 9.17) is 21.1 Å². The zero-order valence-corrected chi connectivity index (χ0v) is 14.8. The van der Waals surface area contributed by atoms with Gasteiger partial charge >= 0.3 is 5.97 Å². The van der Waals surface area contributed by atoms with Crippen LogP contribution in [0.2, 0.25) is 5.02 Å². The molecule has 0 aliphatic carbocycles. The van der Waals surface area contributed by atoms with Crippen LogP contribution in [-0.2, 0) is 16.0 Å². The molecule has 6 nitrogen and oxygen atoms in total. The highest BCUT2D eigenvalue weighted by atomic mass is 35.5. The number of unbranched alkanes of at least 4 members (excludes halogenated alkanes) is 1. The van der Waals surface area contributed by atoms with E-state index in [0.29, 0.717) is 23.1 Å². The molecule has 1 aromatic heterocycles. The number of nitrogens with one attached hydrogen (secondary N) is 1. The van der Waals surface area contributed by atoms with E-state index in [1.54, 1.807) is 12.3 Å². The predicted octanol–water partition coefficient (Wildman–Crippen LogP) is 3.69. The zero-order chi connectivity index (χ0) is 18.2. The molecule has 134 valence electrons. The molecule has 1 unspecified atom stereocenters. The highest BCUT2D eigenvalue weighted by Gasteiger charge is 2.19. The van der Waals surface area contributed by atoms with Gasteiger partial charge in [0.2, 0.25) is 5.91 Å². The molecule has 1 heterocycles. The van der Waals surface area contributed by atoms with Crippen LogP contribution in [0.15, 0.2) is 34.9 Å². The smallest absolute Gasteiger partial charge is 0.326 e. The molecule has 0 aliphatic rings. The van der Waals surface area contributed by atoms with E-state index < -0.39 is 12.0 Å². The molecule has 0 bridgehead atoms. The Morgan fingerprint density at radius 2 is 2.12 bits per heavy atom. The van der Waals surface area contributed by atoms with Gasteiger partial charge in [-0.15, -0.1) is 0 Å². The van der Waals surface area contributed by atoms with Crippen molar-refractivity contribution in [3.63, 3.8) is 0 Å². The molecule has 1 atom stereocenters. The minimum atomic E-state index is -1.01. The number of aliphatic carboxylic acids is 1. The van der Waals surface area contributed by atoms with Crippen molar-refractivity contribution in [3.8, 4) is 11.3 Å². The number of aryl methyl sites for hydroxylation is 1. The number of hydrogen-bond acceptors (Lipinski definition) is 4. The van der Waals surface area contributed by atoms with Crippen molar-refractivity contribution in [1.29, 1.82) is 0 Å². The number of carboxylic acid groups (broad SMARTS) is 1. The Morgan fingerprint density at radius 3 is 2.80 bits per heavy atom. The second-order valence-corrected chi connectivity index (χ2v) is 6.11. The van der Waals surface area contributed by atoms with E-state index >= 15 is 0 Å². The summed E-state index contributed by atoms with van der Waals surface area (Å²) in [6, 6.07) is 6.40. The Bertz CT molecular complexity index is 729. The number of carbonyl (C=O) groups excluding carboxylic acids is 1. The molecular formula is C18H21ClN2O4. The third-order valence-corrected chi connectivity index (χ3v) is 4.07. The number of carbonyl (C=O) groups is 2. The quantitative estimate of drug-likeness (QED) is 0.707. The van der Waals surface area contributed by atoms with Gasteiger partial charge in [0.25, 0.3) is 0 Å². The molecular weight excluding hydrogens is 344 g/mol. The minimum Gasteiger partial charge on any atom is -0.480 e. The monoisotopic (exact) mass is 364 g/mol. The van der Waals surface area contributed by atoms with Crippen LogP contribution in [-0.4, -0.2) is 28.0 Å². The highest BCUT2D eigenvalue weighted by molar-refractivity contribution is 6.33. The minimum absolute atomic E-state index is 0.110. The Morgan fingerprint density at radius 1 is 1.36 bits per heavy atom. The van der Waals surface area contributed by atoms with Crippen molar-refractivity contribution in [2.45, 2.75) is 45.1 Å². The standard InChI is InChI=1S/C18H21ClN2O4/c1-2-3-8-14(18(23)24)21-16(22)9-10-17-20-11-15(25-17)12-6-4-5-7-13(12)19/h4-7,11,14H,2-3,8-10H2,1H3,(H,21,22)(H,23,24). The first-order valence-electron chi connectivity index (χ1n) is 8.23. The van der Waals surface area contributed by atoms with Gasteiger partial charge in [-0.3, -0.25) is 4.79 Å². The number of carboxylic acids is 1. The van der Waals surface area contributed by atoms with E-state index in [0.717, 1.165) is 18.4 Å². The fourth-order valence-electron chi connectivity index (χ4n) is 2.36. The first kappa shape index (κ1) is 19.0. The van der Waals surface area contributed by atoms with Gasteiger partial charge in [0.05, 0.1) is 11.2 Å². The SMILES string of the molecule is CCCCC(NC(=O)CCc1ncc(-c2ccccc2Cl)o1)C(=O)O. The molecule has 1 amide bonds. The van der Waals surface area contributed by atoms with Crippen LogP contribution < -0.4 is 5.32 Å². The van der Waals surface area contributed by atoms with Gasteiger partial charge in [0.1, 0.15) is 6.04 Å². The first-order chi connectivity index (χ1) is 12.0. The summed E-state index contributed by atoms with van der Waals surface area (Å²) in [5.41, 5.74) is 0.734. The summed E-state index contributed by atoms with van der Waals surface area (Å²) in [6.07, 6.45) is 4.01. The number of rotatable bonds is 9. The summed E-state index contributed by atoms with van der Waals surface area (Å²) < 4.78 is 5.63. The summed E-state index contributed by atoms with van der Waals surface area (Å²) in [5.74, 6) is -0.405. The van der Waals surface area contributed by atoms with Gasteiger partial charge < -0.3 is 14.8 Å². The van der Waals surface area contributed by atoms with E-state index in [9.17, 15) is 9.59 Å². The Hall–Kier alpha value is -2.34. The maximum Gasteiger partial charge on any atom is 0.326 e. The fourth-order valence-corrected chi connectivity index (χ4v) is 2.59. The van der Waals surface area contributed by atoms with E-state index in [2.05, 4.69) is 10.3 Å². The molecule has 25 heavy (non-hydrogen) atoms. The summed E-state index contributed by atoms with van der Waals surface area (Å²) in [7, 11) is 0. The third-order valence-electron chi connectivity index (χ3n) is 3.74. The molecule has 2 rings (SSSR count). The van der Waals surface area contributed by atoms with E-state index in [1.807, 2.05) is 25.1 Å². The average molecular weight is 365 g/mol. The van der Waals surface area contributed by atoms with Crippen molar-refractivity contribution < 1.29 is 19.1 Å². The Labute approximate surface area is 151 Å². The van der Waals surface area contributed by atoms with Gasteiger partial charge in [-0.05, 0) is 18.6 Å². The van der Waals surface area contributed by atoms with Crippen LogP contribution in [0, 0.1) is 0 Å². The number of nitrogens with zero attached hydrogens (tertiary/aromatic N) is 1. The van der Waals surface area contributed by atoms with Gasteiger partial charge in [0, 0.05) is 18.4 Å². The van der Waals surface area contributed by atoms with Gasteiger partial charge in [0.15, 0.2) is 11.7 Å². The maximum absolute atomic E-state index is 12.0. The number of benzene rings is 1. The van der Waals surface area contributed by atoms with Crippen LogP contribution in [0.3, 0.4) is 0 Å². The maximum atomic E-state index is 12.0. The van der Waals surface area contributed by atoms with Crippen LogP contribution in [0.4, 0.5) is 0 Å². The lowest BCUT2D eigenvalue weighted by atomic mass is 10.1. The number of aromatic nitrogens is 1. The van der Waals surface area contributed by atoms with Crippen LogP contribution in [0.1, 0.15) is 38.5 Å². The molecule has 0 saturated carbocycles. The molecule has 2 aromatic rings. The number of halogens is 1.